The number of benzene rings is 1. The minimum absolute atomic E-state index is 0.0199. The molecule has 2 heterocycles. The second-order valence-electron chi connectivity index (χ2n) is 5.45. The zero-order valence-corrected chi connectivity index (χ0v) is 15.6. The van der Waals surface area contributed by atoms with Crippen molar-refractivity contribution in [2.75, 3.05) is 31.6 Å². The van der Waals surface area contributed by atoms with Crippen LogP contribution in [0, 0.1) is 3.77 Å². The Morgan fingerprint density at radius 1 is 1.08 bits per heavy atom. The fourth-order valence-electron chi connectivity index (χ4n) is 2.40. The topological polar surface area (TPSA) is 71.8 Å². The molecule has 0 radical (unpaired) electrons. The van der Waals surface area contributed by atoms with Crippen LogP contribution in [-0.4, -0.2) is 43.0 Å². The lowest BCUT2D eigenvalue weighted by molar-refractivity contribution is -0.111. The number of hydrogen-bond donors (Lipinski definition) is 1. The second-order valence-corrected chi connectivity index (χ2v) is 6.51. The van der Waals surface area contributed by atoms with Crippen LogP contribution in [0.3, 0.4) is 0 Å². The van der Waals surface area contributed by atoms with Crippen LogP contribution < -0.4 is 5.32 Å². The third kappa shape index (κ3) is 4.93. The highest BCUT2D eigenvalue weighted by atomic mass is 127. The Morgan fingerprint density at radius 2 is 1.80 bits per heavy atom. The van der Waals surface area contributed by atoms with Crippen LogP contribution in [0.1, 0.15) is 16.1 Å². The fraction of sp³-hybridized carbons (Fsp3) is 0.222. The van der Waals surface area contributed by atoms with E-state index < -0.39 is 0 Å². The zero-order valence-electron chi connectivity index (χ0n) is 13.4. The van der Waals surface area contributed by atoms with Crippen LogP contribution in [0.5, 0.6) is 0 Å². The Balaban J connectivity index is 1.57. The monoisotopic (exact) mass is 452 g/mol. The molecule has 0 bridgehead atoms. The van der Waals surface area contributed by atoms with Crippen molar-refractivity contribution in [2.24, 2.45) is 0 Å². The first-order valence-corrected chi connectivity index (χ1v) is 8.91. The summed E-state index contributed by atoms with van der Waals surface area (Å²) in [5.41, 5.74) is 1.22. The van der Waals surface area contributed by atoms with Crippen LogP contribution in [0.15, 0.2) is 46.9 Å². The fourth-order valence-corrected chi connectivity index (χ4v) is 2.84. The largest absolute Gasteiger partial charge is 0.451 e. The smallest absolute Gasteiger partial charge is 0.254 e. The summed E-state index contributed by atoms with van der Waals surface area (Å²) < 4.78 is 11.4. The molecule has 2 amide bonds. The summed E-state index contributed by atoms with van der Waals surface area (Å²) >= 11 is 2.06. The third-order valence-corrected chi connectivity index (χ3v) is 4.27. The Morgan fingerprint density at radius 3 is 2.44 bits per heavy atom. The molecule has 3 rings (SSSR count). The van der Waals surface area contributed by atoms with E-state index in [9.17, 15) is 9.59 Å². The number of amides is 2. The van der Waals surface area contributed by atoms with Crippen molar-refractivity contribution in [3.05, 3.63) is 57.6 Å². The summed E-state index contributed by atoms with van der Waals surface area (Å²) in [6.45, 7) is 2.35. The first-order valence-electron chi connectivity index (χ1n) is 7.83. The number of anilines is 1. The molecule has 0 atom stereocenters. The number of carbonyl (C=O) groups is 2. The molecule has 0 unspecified atom stereocenters. The van der Waals surface area contributed by atoms with E-state index in [1.807, 2.05) is 6.07 Å². The average Bonchev–Trinajstić information content (AvgIpc) is 3.06. The van der Waals surface area contributed by atoms with Gasteiger partial charge >= 0.3 is 0 Å². The van der Waals surface area contributed by atoms with Gasteiger partial charge in [0.15, 0.2) is 3.77 Å². The average molecular weight is 452 g/mol. The number of hydrogen-bond acceptors (Lipinski definition) is 4. The number of carbonyl (C=O) groups excluding carboxylic acids is 2. The molecule has 130 valence electrons. The normalized spacial score (nSPS) is 14.7. The summed E-state index contributed by atoms with van der Waals surface area (Å²) in [7, 11) is 0. The van der Waals surface area contributed by atoms with Crippen molar-refractivity contribution in [1.29, 1.82) is 0 Å². The highest BCUT2D eigenvalue weighted by Gasteiger charge is 2.18. The predicted octanol–water partition coefficient (Wildman–Crippen LogP) is 3.01. The van der Waals surface area contributed by atoms with Gasteiger partial charge in [0.1, 0.15) is 5.76 Å². The van der Waals surface area contributed by atoms with Gasteiger partial charge < -0.3 is 19.4 Å². The van der Waals surface area contributed by atoms with Crippen LogP contribution >= 0.6 is 22.6 Å². The van der Waals surface area contributed by atoms with Gasteiger partial charge in [-0.15, -0.1) is 0 Å². The summed E-state index contributed by atoms with van der Waals surface area (Å²) in [4.78, 5) is 26.1. The predicted molar refractivity (Wildman–Crippen MR) is 102 cm³/mol. The molecule has 0 saturated carbocycles. The van der Waals surface area contributed by atoms with Crippen LogP contribution in [-0.2, 0) is 9.53 Å². The van der Waals surface area contributed by atoms with Crippen molar-refractivity contribution in [3.63, 3.8) is 0 Å². The SMILES string of the molecule is O=C(C=Cc1ccc(I)o1)Nc1ccc(C(=O)N2CCOCC2)cc1. The maximum absolute atomic E-state index is 12.4. The maximum atomic E-state index is 12.4. The van der Waals surface area contributed by atoms with E-state index in [1.165, 1.54) is 6.08 Å². The molecule has 7 heteroatoms. The molecule has 0 spiro atoms. The van der Waals surface area contributed by atoms with E-state index >= 15 is 0 Å². The summed E-state index contributed by atoms with van der Waals surface area (Å²) in [6.07, 6.45) is 3.01. The summed E-state index contributed by atoms with van der Waals surface area (Å²) in [6, 6.07) is 10.5. The molecule has 6 nitrogen and oxygen atoms in total. The number of nitrogens with one attached hydrogen (secondary N) is 1. The van der Waals surface area contributed by atoms with Crippen molar-refractivity contribution in [2.45, 2.75) is 0 Å². The van der Waals surface area contributed by atoms with Gasteiger partial charge in [-0.25, -0.2) is 0 Å². The minimum atomic E-state index is -0.265. The molecule has 1 saturated heterocycles. The summed E-state index contributed by atoms with van der Waals surface area (Å²) in [5, 5.41) is 2.75. The van der Waals surface area contributed by atoms with E-state index in [1.54, 1.807) is 41.3 Å². The lowest BCUT2D eigenvalue weighted by atomic mass is 10.1. The van der Waals surface area contributed by atoms with Crippen LogP contribution in [0.2, 0.25) is 0 Å². The van der Waals surface area contributed by atoms with Gasteiger partial charge in [0.05, 0.1) is 13.2 Å². The van der Waals surface area contributed by atoms with Gasteiger partial charge in [-0.05, 0) is 65.1 Å². The zero-order chi connectivity index (χ0) is 17.6. The maximum Gasteiger partial charge on any atom is 0.254 e. The summed E-state index contributed by atoms with van der Waals surface area (Å²) in [5.74, 6) is 0.332. The number of halogens is 1. The van der Waals surface area contributed by atoms with Gasteiger partial charge in [-0.3, -0.25) is 9.59 Å². The quantitative estimate of drug-likeness (QED) is 0.572. The van der Waals surface area contributed by atoms with E-state index in [-0.39, 0.29) is 11.8 Å². The number of ether oxygens (including phenoxy) is 1. The standard InChI is InChI=1S/C18H17IN2O4/c19-16-7-5-15(25-16)6-8-17(22)20-14-3-1-13(2-4-14)18(23)21-9-11-24-12-10-21/h1-8H,9-12H2,(H,20,22). The number of rotatable bonds is 4. The van der Waals surface area contributed by atoms with Gasteiger partial charge in [0.25, 0.3) is 5.91 Å². The first kappa shape index (κ1) is 17.7. The molecule has 1 aliphatic heterocycles. The molecule has 1 aliphatic rings. The van der Waals surface area contributed by atoms with E-state index in [0.29, 0.717) is 43.3 Å². The number of nitrogens with zero attached hydrogens (tertiary/aromatic N) is 1. The Labute approximate surface area is 159 Å². The highest BCUT2D eigenvalue weighted by Crippen LogP contribution is 2.14. The molecule has 2 aromatic rings. The van der Waals surface area contributed by atoms with E-state index in [0.717, 1.165) is 3.77 Å². The number of furan rings is 1. The van der Waals surface area contributed by atoms with E-state index in [2.05, 4.69) is 27.9 Å². The molecule has 1 N–H and O–H groups in total. The van der Waals surface area contributed by atoms with Gasteiger partial charge in [-0.2, -0.15) is 0 Å². The Kier molecular flexibility index (Phi) is 5.87. The molecule has 1 aromatic heterocycles. The van der Waals surface area contributed by atoms with Crippen molar-refractivity contribution >= 4 is 46.2 Å². The van der Waals surface area contributed by atoms with Crippen LogP contribution in [0.25, 0.3) is 6.08 Å². The first-order chi connectivity index (χ1) is 12.1. The molecule has 0 aliphatic carbocycles. The van der Waals surface area contributed by atoms with Crippen molar-refractivity contribution in [3.8, 4) is 0 Å². The molecular formula is C18H17IN2O4. The molecule has 1 aromatic carbocycles. The van der Waals surface area contributed by atoms with E-state index in [4.69, 9.17) is 9.15 Å². The van der Waals surface area contributed by atoms with Gasteiger partial charge in [0.2, 0.25) is 5.91 Å². The lowest BCUT2D eigenvalue weighted by Crippen LogP contribution is -2.40. The van der Waals surface area contributed by atoms with Crippen molar-refractivity contribution in [1.82, 2.24) is 4.90 Å². The highest BCUT2D eigenvalue weighted by molar-refractivity contribution is 14.1. The number of morpholine rings is 1. The molecule has 1 fully saturated rings. The van der Waals surface area contributed by atoms with Crippen molar-refractivity contribution < 1.29 is 18.7 Å². The van der Waals surface area contributed by atoms with Gasteiger partial charge in [0, 0.05) is 30.4 Å². The Bertz CT molecular complexity index is 777. The minimum Gasteiger partial charge on any atom is -0.451 e. The Hall–Kier alpha value is -2.13. The lowest BCUT2D eigenvalue weighted by Gasteiger charge is -2.26. The van der Waals surface area contributed by atoms with Gasteiger partial charge in [-0.1, -0.05) is 0 Å². The molecule has 25 heavy (non-hydrogen) atoms. The molecular weight excluding hydrogens is 435 g/mol. The third-order valence-electron chi connectivity index (χ3n) is 3.69. The van der Waals surface area contributed by atoms with Crippen LogP contribution in [0.4, 0.5) is 5.69 Å². The second kappa shape index (κ2) is 8.30.